The molecule has 19 heavy (non-hydrogen) atoms. The maximum atomic E-state index is 9.79. The minimum atomic E-state index is 0.349. The van der Waals surface area contributed by atoms with Gasteiger partial charge in [0.15, 0.2) is 0 Å². The Bertz CT molecular complexity index is 419. The molecule has 1 fully saturated rings. The summed E-state index contributed by atoms with van der Waals surface area (Å²) in [6.07, 6.45) is 1.14. The van der Waals surface area contributed by atoms with Crippen molar-refractivity contribution in [3.63, 3.8) is 0 Å². The van der Waals surface area contributed by atoms with Crippen molar-refractivity contribution in [2.75, 3.05) is 26.2 Å². The maximum absolute atomic E-state index is 9.79. The number of nitrogens with zero attached hydrogens (tertiary/aromatic N) is 1. The van der Waals surface area contributed by atoms with E-state index in [2.05, 4.69) is 40.0 Å². The molecule has 1 aromatic rings. The van der Waals surface area contributed by atoms with Gasteiger partial charge in [-0.15, -0.1) is 0 Å². The molecule has 2 atom stereocenters. The van der Waals surface area contributed by atoms with Crippen LogP contribution in [0, 0.1) is 5.92 Å². The van der Waals surface area contributed by atoms with Gasteiger partial charge in [-0.2, -0.15) is 0 Å². The molecule has 0 saturated carbocycles. The van der Waals surface area contributed by atoms with Crippen LogP contribution in [0.15, 0.2) is 22.7 Å². The van der Waals surface area contributed by atoms with E-state index in [9.17, 15) is 5.11 Å². The average molecular weight is 327 g/mol. The highest BCUT2D eigenvalue weighted by molar-refractivity contribution is 9.10. The van der Waals surface area contributed by atoms with Gasteiger partial charge in [0.05, 0.1) is 0 Å². The molecule has 1 unspecified atom stereocenters. The van der Waals surface area contributed by atoms with Crippen LogP contribution in [0.1, 0.15) is 31.9 Å². The van der Waals surface area contributed by atoms with Gasteiger partial charge in [-0.1, -0.05) is 36.2 Å². The van der Waals surface area contributed by atoms with E-state index in [4.69, 9.17) is 0 Å². The van der Waals surface area contributed by atoms with Crippen LogP contribution in [-0.2, 0) is 0 Å². The average Bonchev–Trinajstić information content (AvgIpc) is 2.44. The number of hydrogen-bond donors (Lipinski definition) is 2. The van der Waals surface area contributed by atoms with Gasteiger partial charge >= 0.3 is 0 Å². The normalized spacial score (nSPS) is 20.2. The quantitative estimate of drug-likeness (QED) is 0.892. The molecule has 0 spiro atoms. The Labute approximate surface area is 124 Å². The standard InChI is InChI=1S/C15H23BrN2O/c1-3-11(2)15(18-8-6-17-7-9-18)13-10-12(19)4-5-14(13)16/h4-5,10-11,15,17,19H,3,6-9H2,1-2H3/t11?,15-/m1/s1. The second kappa shape index (κ2) is 6.73. The summed E-state index contributed by atoms with van der Waals surface area (Å²) in [6.45, 7) is 8.75. The third kappa shape index (κ3) is 3.50. The van der Waals surface area contributed by atoms with E-state index >= 15 is 0 Å². The molecule has 1 saturated heterocycles. The molecule has 1 aliphatic rings. The second-order valence-corrected chi connectivity index (χ2v) is 6.18. The molecule has 2 N–H and O–H groups in total. The number of rotatable bonds is 4. The number of phenolic OH excluding ortho intramolecular Hbond substituents is 1. The van der Waals surface area contributed by atoms with Crippen molar-refractivity contribution in [2.24, 2.45) is 5.92 Å². The van der Waals surface area contributed by atoms with E-state index in [-0.39, 0.29) is 0 Å². The number of piperazine rings is 1. The molecule has 0 bridgehead atoms. The van der Waals surface area contributed by atoms with Crippen molar-refractivity contribution in [1.82, 2.24) is 10.2 Å². The molecule has 1 aromatic carbocycles. The molecule has 4 heteroatoms. The number of benzene rings is 1. The predicted octanol–water partition coefficient (Wildman–Crippen LogP) is 3.15. The third-order valence-electron chi connectivity index (χ3n) is 4.03. The molecular weight excluding hydrogens is 304 g/mol. The molecule has 1 heterocycles. The summed E-state index contributed by atoms with van der Waals surface area (Å²) in [5.41, 5.74) is 1.20. The van der Waals surface area contributed by atoms with Crippen molar-refractivity contribution in [1.29, 1.82) is 0 Å². The van der Waals surface area contributed by atoms with Gasteiger partial charge in [-0.3, -0.25) is 4.90 Å². The van der Waals surface area contributed by atoms with Crippen molar-refractivity contribution in [2.45, 2.75) is 26.3 Å². The van der Waals surface area contributed by atoms with Crippen LogP contribution in [0.4, 0.5) is 0 Å². The zero-order chi connectivity index (χ0) is 13.8. The minimum Gasteiger partial charge on any atom is -0.508 e. The summed E-state index contributed by atoms with van der Waals surface area (Å²) < 4.78 is 1.09. The Kier molecular flexibility index (Phi) is 5.25. The highest BCUT2D eigenvalue weighted by atomic mass is 79.9. The summed E-state index contributed by atoms with van der Waals surface area (Å²) in [5.74, 6) is 0.915. The molecule has 1 aliphatic heterocycles. The molecule has 3 nitrogen and oxygen atoms in total. The maximum Gasteiger partial charge on any atom is 0.115 e. The van der Waals surface area contributed by atoms with Gasteiger partial charge in [0.1, 0.15) is 5.75 Å². The summed E-state index contributed by atoms with van der Waals surface area (Å²) in [6, 6.07) is 5.96. The lowest BCUT2D eigenvalue weighted by atomic mass is 9.90. The fourth-order valence-electron chi connectivity index (χ4n) is 2.80. The first-order chi connectivity index (χ1) is 9.13. The van der Waals surface area contributed by atoms with E-state index in [1.165, 1.54) is 5.56 Å². The van der Waals surface area contributed by atoms with Crippen molar-refractivity contribution in [3.8, 4) is 5.75 Å². The first kappa shape index (κ1) is 14.8. The van der Waals surface area contributed by atoms with Crippen molar-refractivity contribution in [3.05, 3.63) is 28.2 Å². The lowest BCUT2D eigenvalue weighted by molar-refractivity contribution is 0.128. The Morgan fingerprint density at radius 1 is 1.37 bits per heavy atom. The van der Waals surface area contributed by atoms with Gasteiger partial charge in [0, 0.05) is 36.7 Å². The molecule has 0 aliphatic carbocycles. The first-order valence-electron chi connectivity index (χ1n) is 7.06. The van der Waals surface area contributed by atoms with Crippen LogP contribution in [0.5, 0.6) is 5.75 Å². The van der Waals surface area contributed by atoms with Crippen LogP contribution in [0.2, 0.25) is 0 Å². The lowest BCUT2D eigenvalue weighted by Gasteiger charge is -2.39. The van der Waals surface area contributed by atoms with Crippen LogP contribution >= 0.6 is 15.9 Å². The van der Waals surface area contributed by atoms with Gasteiger partial charge < -0.3 is 10.4 Å². The Hall–Kier alpha value is -0.580. The lowest BCUT2D eigenvalue weighted by Crippen LogP contribution is -2.46. The van der Waals surface area contributed by atoms with Crippen molar-refractivity contribution >= 4 is 15.9 Å². The van der Waals surface area contributed by atoms with Crippen molar-refractivity contribution < 1.29 is 5.11 Å². The summed E-state index contributed by atoms with van der Waals surface area (Å²) in [5, 5.41) is 13.2. The van der Waals surface area contributed by atoms with Gasteiger partial charge in [-0.05, 0) is 29.7 Å². The molecular formula is C15H23BrN2O. The van der Waals surface area contributed by atoms with E-state index in [0.29, 0.717) is 17.7 Å². The minimum absolute atomic E-state index is 0.349. The zero-order valence-corrected chi connectivity index (χ0v) is 13.3. The molecule has 0 radical (unpaired) electrons. The topological polar surface area (TPSA) is 35.5 Å². The Balaban J connectivity index is 2.33. The fraction of sp³-hybridized carbons (Fsp3) is 0.600. The largest absolute Gasteiger partial charge is 0.508 e. The van der Waals surface area contributed by atoms with E-state index < -0.39 is 0 Å². The van der Waals surface area contributed by atoms with Crippen LogP contribution in [0.3, 0.4) is 0 Å². The van der Waals surface area contributed by atoms with Gasteiger partial charge in [0.25, 0.3) is 0 Å². The zero-order valence-electron chi connectivity index (χ0n) is 11.7. The number of phenols is 1. The highest BCUT2D eigenvalue weighted by Crippen LogP contribution is 2.36. The first-order valence-corrected chi connectivity index (χ1v) is 7.86. The second-order valence-electron chi connectivity index (χ2n) is 5.32. The number of aromatic hydroxyl groups is 1. The summed E-state index contributed by atoms with van der Waals surface area (Å²) in [4.78, 5) is 2.53. The molecule has 106 valence electrons. The predicted molar refractivity (Wildman–Crippen MR) is 82.4 cm³/mol. The van der Waals surface area contributed by atoms with Crippen LogP contribution in [-0.4, -0.2) is 36.2 Å². The number of hydrogen-bond acceptors (Lipinski definition) is 3. The molecule has 0 aromatic heterocycles. The fourth-order valence-corrected chi connectivity index (χ4v) is 3.29. The third-order valence-corrected chi connectivity index (χ3v) is 4.75. The van der Waals surface area contributed by atoms with E-state index in [0.717, 1.165) is 37.1 Å². The molecule has 0 amide bonds. The SMILES string of the molecule is CCC(C)[C@H](c1cc(O)ccc1Br)N1CCNCC1. The smallest absolute Gasteiger partial charge is 0.115 e. The molecule has 2 rings (SSSR count). The summed E-state index contributed by atoms with van der Waals surface area (Å²) in [7, 11) is 0. The summed E-state index contributed by atoms with van der Waals surface area (Å²) >= 11 is 3.64. The monoisotopic (exact) mass is 326 g/mol. The van der Waals surface area contributed by atoms with Crippen LogP contribution in [0.25, 0.3) is 0 Å². The van der Waals surface area contributed by atoms with Crippen LogP contribution < -0.4 is 5.32 Å². The van der Waals surface area contributed by atoms with Gasteiger partial charge in [0.2, 0.25) is 0 Å². The van der Waals surface area contributed by atoms with E-state index in [1.54, 1.807) is 6.07 Å². The van der Waals surface area contributed by atoms with E-state index in [1.807, 2.05) is 12.1 Å². The Morgan fingerprint density at radius 2 is 2.05 bits per heavy atom. The Morgan fingerprint density at radius 3 is 2.68 bits per heavy atom. The van der Waals surface area contributed by atoms with Gasteiger partial charge in [-0.25, -0.2) is 0 Å². The highest BCUT2D eigenvalue weighted by Gasteiger charge is 2.28. The number of nitrogens with one attached hydrogen (secondary N) is 1. The number of halogens is 1.